The summed E-state index contributed by atoms with van der Waals surface area (Å²) in [7, 11) is -0.853. The zero-order chi connectivity index (χ0) is 8.48. The van der Waals surface area contributed by atoms with Crippen molar-refractivity contribution in [3.8, 4) is 0 Å². The SMILES string of the molecule is CC(C)S(=O)NC1(C)CSC1. The molecule has 0 amide bonds. The fourth-order valence-electron chi connectivity index (χ4n) is 0.828. The average Bonchev–Trinajstić information content (AvgIpc) is 1.84. The summed E-state index contributed by atoms with van der Waals surface area (Å²) in [6.07, 6.45) is 0. The lowest BCUT2D eigenvalue weighted by Crippen LogP contribution is -2.54. The van der Waals surface area contributed by atoms with Gasteiger partial charge in [0.25, 0.3) is 0 Å². The van der Waals surface area contributed by atoms with Crippen molar-refractivity contribution >= 4 is 22.7 Å². The van der Waals surface area contributed by atoms with Gasteiger partial charge in [-0.2, -0.15) is 11.8 Å². The van der Waals surface area contributed by atoms with E-state index < -0.39 is 11.0 Å². The molecule has 11 heavy (non-hydrogen) atoms. The Kier molecular flexibility index (Phi) is 3.00. The topological polar surface area (TPSA) is 29.1 Å². The molecule has 0 bridgehead atoms. The van der Waals surface area contributed by atoms with Crippen molar-refractivity contribution in [3.63, 3.8) is 0 Å². The third-order valence-corrected chi connectivity index (χ3v) is 4.85. The van der Waals surface area contributed by atoms with Gasteiger partial charge in [-0.1, -0.05) is 0 Å². The van der Waals surface area contributed by atoms with Gasteiger partial charge in [-0.25, -0.2) is 8.93 Å². The number of thioether (sulfide) groups is 1. The second-order valence-electron chi connectivity index (χ2n) is 3.50. The van der Waals surface area contributed by atoms with Crippen LogP contribution in [0.25, 0.3) is 0 Å². The summed E-state index contributed by atoms with van der Waals surface area (Å²) in [5.41, 5.74) is 0.139. The van der Waals surface area contributed by atoms with Crippen LogP contribution in [0.1, 0.15) is 20.8 Å². The van der Waals surface area contributed by atoms with Gasteiger partial charge < -0.3 is 0 Å². The van der Waals surface area contributed by atoms with Crippen molar-refractivity contribution in [2.45, 2.75) is 31.6 Å². The maximum absolute atomic E-state index is 11.3. The molecule has 1 fully saturated rings. The standard InChI is InChI=1S/C7H15NOS2/c1-6(2)11(9)8-7(3)4-10-5-7/h6,8H,4-5H2,1-3H3. The Hall–Kier alpha value is 0.460. The zero-order valence-electron chi connectivity index (χ0n) is 7.22. The van der Waals surface area contributed by atoms with E-state index in [9.17, 15) is 4.21 Å². The van der Waals surface area contributed by atoms with Gasteiger partial charge in [0.05, 0.1) is 11.0 Å². The summed E-state index contributed by atoms with van der Waals surface area (Å²) in [6.45, 7) is 6.07. The molecule has 1 aliphatic rings. The van der Waals surface area contributed by atoms with Crippen LogP contribution in [0.15, 0.2) is 0 Å². The molecule has 0 radical (unpaired) electrons. The van der Waals surface area contributed by atoms with E-state index in [0.717, 1.165) is 11.5 Å². The summed E-state index contributed by atoms with van der Waals surface area (Å²) in [5.74, 6) is 2.18. The van der Waals surface area contributed by atoms with E-state index in [2.05, 4.69) is 11.6 Å². The lowest BCUT2D eigenvalue weighted by atomic mass is 10.1. The Labute approximate surface area is 75.1 Å². The molecule has 66 valence electrons. The van der Waals surface area contributed by atoms with Crippen LogP contribution in [-0.2, 0) is 11.0 Å². The number of hydrogen-bond donors (Lipinski definition) is 1. The minimum absolute atomic E-state index is 0.139. The number of rotatable bonds is 3. The molecule has 0 aromatic heterocycles. The number of nitrogens with one attached hydrogen (secondary N) is 1. The second-order valence-corrected chi connectivity index (χ2v) is 6.23. The molecular formula is C7H15NOS2. The number of hydrogen-bond acceptors (Lipinski definition) is 2. The predicted octanol–water partition coefficient (Wildman–Crippen LogP) is 1.15. The zero-order valence-corrected chi connectivity index (χ0v) is 8.85. The summed E-state index contributed by atoms with van der Waals surface area (Å²) in [5, 5.41) is 0.220. The highest BCUT2D eigenvalue weighted by molar-refractivity contribution is 8.01. The van der Waals surface area contributed by atoms with Crippen molar-refractivity contribution in [2.24, 2.45) is 0 Å². The molecule has 0 aromatic rings. The first-order chi connectivity index (χ1) is 5.03. The van der Waals surface area contributed by atoms with Crippen LogP contribution in [0.3, 0.4) is 0 Å². The van der Waals surface area contributed by atoms with Gasteiger partial charge in [-0.15, -0.1) is 0 Å². The minimum atomic E-state index is -0.853. The molecule has 1 atom stereocenters. The molecule has 1 heterocycles. The van der Waals surface area contributed by atoms with E-state index in [1.54, 1.807) is 0 Å². The van der Waals surface area contributed by atoms with Crippen molar-refractivity contribution in [1.82, 2.24) is 4.72 Å². The fourth-order valence-corrected chi connectivity index (χ4v) is 2.84. The molecule has 1 aliphatic heterocycles. The molecule has 2 nitrogen and oxygen atoms in total. The molecule has 0 spiro atoms. The van der Waals surface area contributed by atoms with Gasteiger partial charge in [-0.3, -0.25) is 0 Å². The normalized spacial score (nSPS) is 24.7. The van der Waals surface area contributed by atoms with Crippen LogP contribution in [0.2, 0.25) is 0 Å². The highest BCUT2D eigenvalue weighted by Gasteiger charge is 2.34. The van der Waals surface area contributed by atoms with Gasteiger partial charge in [0.1, 0.15) is 0 Å². The Bertz CT molecular complexity index is 166. The van der Waals surface area contributed by atoms with Gasteiger partial charge >= 0.3 is 0 Å². The largest absolute Gasteiger partial charge is 0.243 e. The van der Waals surface area contributed by atoms with Crippen LogP contribution in [0.4, 0.5) is 0 Å². The molecule has 1 rings (SSSR count). The van der Waals surface area contributed by atoms with Crippen molar-refractivity contribution < 1.29 is 4.21 Å². The third kappa shape index (κ3) is 2.46. The third-order valence-electron chi connectivity index (χ3n) is 1.62. The summed E-state index contributed by atoms with van der Waals surface area (Å²) >= 11 is 1.90. The average molecular weight is 193 g/mol. The molecule has 0 saturated carbocycles. The Morgan fingerprint density at radius 1 is 1.55 bits per heavy atom. The van der Waals surface area contributed by atoms with E-state index in [1.165, 1.54) is 0 Å². The molecule has 4 heteroatoms. The lowest BCUT2D eigenvalue weighted by molar-refractivity contribution is 0.510. The van der Waals surface area contributed by atoms with Crippen LogP contribution >= 0.6 is 11.8 Å². The molecule has 1 N–H and O–H groups in total. The van der Waals surface area contributed by atoms with Crippen molar-refractivity contribution in [2.75, 3.05) is 11.5 Å². The van der Waals surface area contributed by atoms with Crippen LogP contribution in [-0.4, -0.2) is 26.5 Å². The first-order valence-electron chi connectivity index (χ1n) is 3.80. The van der Waals surface area contributed by atoms with Crippen LogP contribution < -0.4 is 4.72 Å². The molecule has 1 saturated heterocycles. The highest BCUT2D eigenvalue weighted by atomic mass is 32.2. The monoisotopic (exact) mass is 193 g/mol. The van der Waals surface area contributed by atoms with Crippen LogP contribution in [0.5, 0.6) is 0 Å². The van der Waals surface area contributed by atoms with Crippen molar-refractivity contribution in [1.29, 1.82) is 0 Å². The quantitative estimate of drug-likeness (QED) is 0.728. The summed E-state index contributed by atoms with van der Waals surface area (Å²) in [6, 6.07) is 0. The smallest absolute Gasteiger partial charge is 0.0947 e. The summed E-state index contributed by atoms with van der Waals surface area (Å²) < 4.78 is 14.5. The van der Waals surface area contributed by atoms with E-state index in [-0.39, 0.29) is 10.8 Å². The molecule has 0 aromatic carbocycles. The first kappa shape index (κ1) is 9.55. The Balaban J connectivity index is 2.35. The van der Waals surface area contributed by atoms with Crippen molar-refractivity contribution in [3.05, 3.63) is 0 Å². The van der Waals surface area contributed by atoms with E-state index in [4.69, 9.17) is 0 Å². The van der Waals surface area contributed by atoms with E-state index in [0.29, 0.717) is 0 Å². The van der Waals surface area contributed by atoms with Gasteiger partial charge in [-0.05, 0) is 20.8 Å². The Morgan fingerprint density at radius 2 is 2.09 bits per heavy atom. The minimum Gasteiger partial charge on any atom is -0.243 e. The maximum atomic E-state index is 11.3. The van der Waals surface area contributed by atoms with Gasteiger partial charge in [0.2, 0.25) is 0 Å². The van der Waals surface area contributed by atoms with E-state index in [1.807, 2.05) is 25.6 Å². The van der Waals surface area contributed by atoms with Gasteiger partial charge in [0, 0.05) is 22.3 Å². The predicted molar refractivity (Wildman–Crippen MR) is 52.1 cm³/mol. The van der Waals surface area contributed by atoms with Gasteiger partial charge in [0.15, 0.2) is 0 Å². The van der Waals surface area contributed by atoms with Crippen LogP contribution in [0, 0.1) is 0 Å². The second kappa shape index (κ2) is 3.46. The lowest BCUT2D eigenvalue weighted by Gasteiger charge is -2.38. The maximum Gasteiger partial charge on any atom is 0.0947 e. The molecule has 1 unspecified atom stereocenters. The Morgan fingerprint density at radius 3 is 2.36 bits per heavy atom. The summed E-state index contributed by atoms with van der Waals surface area (Å²) in [4.78, 5) is 0. The fraction of sp³-hybridized carbons (Fsp3) is 1.00. The van der Waals surface area contributed by atoms with E-state index >= 15 is 0 Å². The highest BCUT2D eigenvalue weighted by Crippen LogP contribution is 2.29. The molecule has 0 aliphatic carbocycles. The molecular weight excluding hydrogens is 178 g/mol. The first-order valence-corrected chi connectivity index (χ1v) is 6.16.